The molecule has 0 saturated carbocycles. The van der Waals surface area contributed by atoms with Gasteiger partial charge in [-0.1, -0.05) is 5.10 Å². The number of anilines is 1. The number of aromatic nitrogens is 4. The van der Waals surface area contributed by atoms with Crippen LogP contribution in [0.3, 0.4) is 0 Å². The van der Waals surface area contributed by atoms with E-state index >= 15 is 0 Å². The minimum Gasteiger partial charge on any atom is -0.403 e. The van der Waals surface area contributed by atoms with Crippen molar-refractivity contribution in [3.8, 4) is 11.5 Å². The summed E-state index contributed by atoms with van der Waals surface area (Å²) in [6.07, 6.45) is -4.43. The van der Waals surface area contributed by atoms with Crippen LogP contribution in [0.5, 0.6) is 0 Å². The van der Waals surface area contributed by atoms with E-state index in [-0.39, 0.29) is 23.6 Å². The lowest BCUT2D eigenvalue weighted by atomic mass is 10.1. The van der Waals surface area contributed by atoms with Gasteiger partial charge in [0, 0.05) is 17.3 Å². The molecule has 27 heavy (non-hydrogen) atoms. The van der Waals surface area contributed by atoms with Crippen LogP contribution in [0.4, 0.5) is 19.2 Å². The zero-order valence-corrected chi connectivity index (χ0v) is 14.7. The molecule has 10 heteroatoms. The summed E-state index contributed by atoms with van der Waals surface area (Å²) >= 11 is 0. The molecule has 0 saturated heterocycles. The molecule has 2 aromatic heterocycles. The molecule has 142 valence electrons. The highest BCUT2D eigenvalue weighted by molar-refractivity contribution is 6.01. The first-order chi connectivity index (χ1) is 12.6. The molecular weight excluding hydrogens is 363 g/mol. The summed E-state index contributed by atoms with van der Waals surface area (Å²) < 4.78 is 44.8. The molecule has 3 aromatic rings. The van der Waals surface area contributed by atoms with E-state index in [1.807, 2.05) is 20.8 Å². The Morgan fingerprint density at radius 3 is 2.41 bits per heavy atom. The van der Waals surface area contributed by atoms with E-state index < -0.39 is 17.6 Å². The minimum absolute atomic E-state index is 0.0112. The van der Waals surface area contributed by atoms with Crippen molar-refractivity contribution in [2.24, 2.45) is 0 Å². The second-order valence-electron chi connectivity index (χ2n) is 6.15. The van der Waals surface area contributed by atoms with Gasteiger partial charge in [0.05, 0.1) is 5.56 Å². The number of carbonyl (C=O) groups is 1. The lowest BCUT2D eigenvalue weighted by Gasteiger charge is -2.06. The van der Waals surface area contributed by atoms with Gasteiger partial charge >= 0.3 is 12.2 Å². The van der Waals surface area contributed by atoms with Gasteiger partial charge in [0.25, 0.3) is 5.91 Å². The SMILES string of the molecule is Cc1cc(C(=O)Nc2nnc(-c3ccc(C(F)(F)F)cc3)o2)nn1C(C)C. The molecule has 7 nitrogen and oxygen atoms in total. The van der Waals surface area contributed by atoms with Gasteiger partial charge in [-0.2, -0.15) is 18.3 Å². The number of halogens is 3. The van der Waals surface area contributed by atoms with E-state index in [0.29, 0.717) is 5.56 Å². The van der Waals surface area contributed by atoms with Crippen molar-refractivity contribution in [2.45, 2.75) is 33.0 Å². The van der Waals surface area contributed by atoms with E-state index in [1.54, 1.807) is 10.7 Å². The van der Waals surface area contributed by atoms with Gasteiger partial charge in [0.2, 0.25) is 5.89 Å². The van der Waals surface area contributed by atoms with Gasteiger partial charge in [0.15, 0.2) is 5.69 Å². The molecule has 0 aliphatic rings. The average Bonchev–Trinajstić information content (AvgIpc) is 3.21. The van der Waals surface area contributed by atoms with Crippen LogP contribution in [0.1, 0.15) is 41.6 Å². The molecule has 3 rings (SSSR count). The van der Waals surface area contributed by atoms with Crippen LogP contribution in [0.2, 0.25) is 0 Å². The van der Waals surface area contributed by atoms with Gasteiger partial charge in [-0.15, -0.1) is 5.10 Å². The number of benzene rings is 1. The van der Waals surface area contributed by atoms with Crippen molar-refractivity contribution in [1.82, 2.24) is 20.0 Å². The number of amides is 1. The first-order valence-corrected chi connectivity index (χ1v) is 8.04. The Balaban J connectivity index is 1.74. The fraction of sp³-hybridized carbons (Fsp3) is 0.294. The molecule has 0 fully saturated rings. The van der Waals surface area contributed by atoms with Crippen LogP contribution in [-0.2, 0) is 6.18 Å². The number of hydrogen-bond acceptors (Lipinski definition) is 5. The van der Waals surface area contributed by atoms with Crippen LogP contribution in [-0.4, -0.2) is 25.9 Å². The zero-order chi connectivity index (χ0) is 19.8. The summed E-state index contributed by atoms with van der Waals surface area (Å²) in [6, 6.07) is 5.82. The highest BCUT2D eigenvalue weighted by Crippen LogP contribution is 2.31. The monoisotopic (exact) mass is 379 g/mol. The Kier molecular flexibility index (Phi) is 4.73. The van der Waals surface area contributed by atoms with E-state index in [1.165, 1.54) is 12.1 Å². The largest absolute Gasteiger partial charge is 0.416 e. The first-order valence-electron chi connectivity index (χ1n) is 8.04. The normalized spacial score (nSPS) is 11.8. The number of nitrogens with one attached hydrogen (secondary N) is 1. The summed E-state index contributed by atoms with van der Waals surface area (Å²) in [5.74, 6) is -0.539. The van der Waals surface area contributed by atoms with Gasteiger partial charge < -0.3 is 4.42 Å². The second kappa shape index (κ2) is 6.86. The third-order valence-electron chi connectivity index (χ3n) is 3.75. The van der Waals surface area contributed by atoms with Gasteiger partial charge in [-0.3, -0.25) is 14.8 Å². The van der Waals surface area contributed by atoms with Gasteiger partial charge in [-0.05, 0) is 51.1 Å². The predicted octanol–water partition coefficient (Wildman–Crippen LogP) is 4.09. The van der Waals surface area contributed by atoms with E-state index in [2.05, 4.69) is 20.6 Å². The molecule has 0 aliphatic carbocycles. The van der Waals surface area contributed by atoms with Crippen molar-refractivity contribution in [2.75, 3.05) is 5.32 Å². The minimum atomic E-state index is -4.43. The first kappa shape index (κ1) is 18.6. The molecule has 0 spiro atoms. The fourth-order valence-electron chi connectivity index (χ4n) is 2.47. The lowest BCUT2D eigenvalue weighted by Crippen LogP contribution is -2.14. The Morgan fingerprint density at radius 2 is 1.85 bits per heavy atom. The third kappa shape index (κ3) is 3.99. The quantitative estimate of drug-likeness (QED) is 0.738. The molecule has 1 amide bonds. The Morgan fingerprint density at radius 1 is 1.19 bits per heavy atom. The number of nitrogens with zero attached hydrogens (tertiary/aromatic N) is 4. The van der Waals surface area contributed by atoms with Crippen molar-refractivity contribution in [3.63, 3.8) is 0 Å². The molecule has 0 aliphatic heterocycles. The second-order valence-corrected chi connectivity index (χ2v) is 6.15. The number of rotatable bonds is 4. The summed E-state index contributed by atoms with van der Waals surface area (Å²) in [6.45, 7) is 5.71. The molecule has 0 unspecified atom stereocenters. The molecular formula is C17H16F3N5O2. The van der Waals surface area contributed by atoms with Crippen molar-refractivity contribution in [3.05, 3.63) is 47.3 Å². The highest BCUT2D eigenvalue weighted by Gasteiger charge is 2.30. The van der Waals surface area contributed by atoms with Gasteiger partial charge in [0.1, 0.15) is 0 Å². The number of carbonyl (C=O) groups excluding carboxylic acids is 1. The van der Waals surface area contributed by atoms with Gasteiger partial charge in [-0.25, -0.2) is 0 Å². The summed E-state index contributed by atoms with van der Waals surface area (Å²) in [4.78, 5) is 12.3. The Labute approximate surface area is 152 Å². The maximum atomic E-state index is 12.6. The molecule has 0 radical (unpaired) electrons. The maximum absolute atomic E-state index is 12.6. The van der Waals surface area contributed by atoms with Crippen LogP contribution < -0.4 is 5.32 Å². The Bertz CT molecular complexity index is 958. The van der Waals surface area contributed by atoms with Crippen LogP contribution in [0, 0.1) is 6.92 Å². The van der Waals surface area contributed by atoms with E-state index in [4.69, 9.17) is 4.42 Å². The summed E-state index contributed by atoms with van der Waals surface area (Å²) in [5, 5.41) is 14.1. The van der Waals surface area contributed by atoms with Crippen molar-refractivity contribution >= 4 is 11.9 Å². The van der Waals surface area contributed by atoms with Crippen LogP contribution in [0.25, 0.3) is 11.5 Å². The smallest absolute Gasteiger partial charge is 0.403 e. The third-order valence-corrected chi connectivity index (χ3v) is 3.75. The van der Waals surface area contributed by atoms with Crippen molar-refractivity contribution in [1.29, 1.82) is 0 Å². The van der Waals surface area contributed by atoms with Crippen molar-refractivity contribution < 1.29 is 22.4 Å². The lowest BCUT2D eigenvalue weighted by molar-refractivity contribution is -0.137. The molecule has 1 aromatic carbocycles. The average molecular weight is 379 g/mol. The fourth-order valence-corrected chi connectivity index (χ4v) is 2.47. The standard InChI is InChI=1S/C17H16F3N5O2/c1-9(2)25-10(3)8-13(24-25)14(26)21-16-23-22-15(27-16)11-4-6-12(7-5-11)17(18,19)20/h4-9H,1-3H3,(H,21,23,26). The Hall–Kier alpha value is -3.17. The molecule has 0 atom stereocenters. The number of hydrogen-bond donors (Lipinski definition) is 1. The highest BCUT2D eigenvalue weighted by atomic mass is 19.4. The molecule has 1 N–H and O–H groups in total. The topological polar surface area (TPSA) is 85.8 Å². The number of alkyl halides is 3. The van der Waals surface area contributed by atoms with E-state index in [0.717, 1.165) is 17.8 Å². The predicted molar refractivity (Wildman–Crippen MR) is 90.0 cm³/mol. The zero-order valence-electron chi connectivity index (χ0n) is 14.7. The van der Waals surface area contributed by atoms with Crippen LogP contribution in [0.15, 0.2) is 34.7 Å². The maximum Gasteiger partial charge on any atom is 0.416 e. The molecule has 0 bridgehead atoms. The van der Waals surface area contributed by atoms with Crippen LogP contribution >= 0.6 is 0 Å². The summed E-state index contributed by atoms with van der Waals surface area (Å²) in [7, 11) is 0. The number of aryl methyl sites for hydroxylation is 1. The summed E-state index contributed by atoms with van der Waals surface area (Å²) in [5.41, 5.74) is 0.535. The van der Waals surface area contributed by atoms with E-state index in [9.17, 15) is 18.0 Å². The molecule has 2 heterocycles.